The molecule has 1 fully saturated rings. The number of rotatable bonds is 1. The molecule has 0 spiro atoms. The highest BCUT2D eigenvalue weighted by molar-refractivity contribution is 5.41. The lowest BCUT2D eigenvalue weighted by atomic mass is 10.1. The van der Waals surface area contributed by atoms with E-state index in [-0.39, 0.29) is 5.56 Å². The molecule has 1 aliphatic heterocycles. The number of nitrogens with one attached hydrogen (secondary N) is 2. The fourth-order valence-corrected chi connectivity index (χ4v) is 1.77. The third-order valence-corrected chi connectivity index (χ3v) is 2.50. The molecule has 1 aliphatic rings. The van der Waals surface area contributed by atoms with Gasteiger partial charge in [-0.15, -0.1) is 0 Å². The second kappa shape index (κ2) is 3.69. The molecule has 2 N–H and O–H groups in total. The number of piperidine rings is 1. The number of nitrogens with zero attached hydrogens (tertiary/aromatic N) is 1. The van der Waals surface area contributed by atoms with Crippen molar-refractivity contribution in [2.75, 3.05) is 18.0 Å². The Morgan fingerprint density at radius 3 is 2.50 bits per heavy atom. The Balaban J connectivity index is 2.31. The van der Waals surface area contributed by atoms with Crippen LogP contribution in [-0.2, 0) is 0 Å². The first-order valence-electron chi connectivity index (χ1n) is 4.84. The Morgan fingerprint density at radius 1 is 1.14 bits per heavy atom. The van der Waals surface area contributed by atoms with E-state index in [2.05, 4.69) is 9.97 Å². The van der Waals surface area contributed by atoms with Crippen LogP contribution in [-0.4, -0.2) is 23.1 Å². The van der Waals surface area contributed by atoms with Crippen LogP contribution >= 0.6 is 0 Å². The smallest absolute Gasteiger partial charge is 0.325 e. The van der Waals surface area contributed by atoms with Crippen molar-refractivity contribution in [2.24, 2.45) is 0 Å². The molecule has 0 saturated carbocycles. The van der Waals surface area contributed by atoms with Gasteiger partial charge in [-0.2, -0.15) is 0 Å². The van der Waals surface area contributed by atoms with Gasteiger partial charge in [-0.05, 0) is 19.3 Å². The van der Waals surface area contributed by atoms with E-state index >= 15 is 0 Å². The molecule has 1 aromatic rings. The molecule has 76 valence electrons. The summed E-state index contributed by atoms with van der Waals surface area (Å²) in [7, 11) is 0. The summed E-state index contributed by atoms with van der Waals surface area (Å²) in [4.78, 5) is 28.9. The summed E-state index contributed by atoms with van der Waals surface area (Å²) in [6.07, 6.45) is 4.93. The van der Waals surface area contributed by atoms with Crippen LogP contribution in [0.3, 0.4) is 0 Å². The lowest BCUT2D eigenvalue weighted by Gasteiger charge is -2.27. The lowest BCUT2D eigenvalue weighted by molar-refractivity contribution is 0.575. The molecule has 14 heavy (non-hydrogen) atoms. The predicted octanol–water partition coefficient (Wildman–Crippen LogP) is 0.0535. The number of aromatic amines is 2. The minimum atomic E-state index is -0.448. The maximum Gasteiger partial charge on any atom is 0.325 e. The van der Waals surface area contributed by atoms with Gasteiger partial charge in [0.05, 0.1) is 0 Å². The fourth-order valence-electron chi connectivity index (χ4n) is 1.77. The molecule has 0 radical (unpaired) electrons. The van der Waals surface area contributed by atoms with E-state index < -0.39 is 5.69 Å². The summed E-state index contributed by atoms with van der Waals surface area (Å²) < 4.78 is 0. The van der Waals surface area contributed by atoms with Crippen molar-refractivity contribution in [1.82, 2.24) is 9.97 Å². The molecule has 2 rings (SSSR count). The van der Waals surface area contributed by atoms with Crippen molar-refractivity contribution < 1.29 is 0 Å². The van der Waals surface area contributed by atoms with Crippen LogP contribution in [0.25, 0.3) is 0 Å². The largest absolute Gasteiger partial charge is 0.366 e. The first-order valence-corrected chi connectivity index (χ1v) is 4.84. The first-order chi connectivity index (χ1) is 6.77. The van der Waals surface area contributed by atoms with Gasteiger partial charge in [-0.3, -0.25) is 9.78 Å². The Kier molecular flexibility index (Phi) is 2.39. The van der Waals surface area contributed by atoms with E-state index in [0.29, 0.717) is 5.69 Å². The third-order valence-electron chi connectivity index (χ3n) is 2.50. The summed E-state index contributed by atoms with van der Waals surface area (Å²) in [5, 5.41) is 0. The molecule has 0 bridgehead atoms. The van der Waals surface area contributed by atoms with Crippen molar-refractivity contribution in [2.45, 2.75) is 19.3 Å². The Hall–Kier alpha value is -1.52. The third kappa shape index (κ3) is 1.71. The number of anilines is 1. The van der Waals surface area contributed by atoms with Crippen LogP contribution in [0.2, 0.25) is 0 Å². The van der Waals surface area contributed by atoms with Gasteiger partial charge in [-0.1, -0.05) is 0 Å². The number of hydrogen-bond donors (Lipinski definition) is 2. The molecule has 5 nitrogen and oxygen atoms in total. The minimum Gasteiger partial charge on any atom is -0.366 e. The van der Waals surface area contributed by atoms with E-state index in [4.69, 9.17) is 0 Å². The summed E-state index contributed by atoms with van der Waals surface area (Å²) in [6, 6.07) is 0. The zero-order valence-corrected chi connectivity index (χ0v) is 7.88. The normalized spacial score (nSPS) is 17.0. The maximum atomic E-state index is 11.4. The van der Waals surface area contributed by atoms with Crippen LogP contribution < -0.4 is 16.1 Å². The average Bonchev–Trinajstić information content (AvgIpc) is 2.19. The van der Waals surface area contributed by atoms with Gasteiger partial charge >= 0.3 is 5.69 Å². The highest BCUT2D eigenvalue weighted by atomic mass is 16.2. The number of hydrogen-bond acceptors (Lipinski definition) is 3. The zero-order valence-electron chi connectivity index (χ0n) is 7.88. The number of aromatic nitrogens is 2. The summed E-state index contributed by atoms with van der Waals surface area (Å²) in [6.45, 7) is 1.80. The highest BCUT2D eigenvalue weighted by Crippen LogP contribution is 2.13. The molecule has 0 atom stereocenters. The summed E-state index contributed by atoms with van der Waals surface area (Å²) in [5.41, 5.74) is -0.171. The lowest BCUT2D eigenvalue weighted by Crippen LogP contribution is -2.36. The van der Waals surface area contributed by atoms with Crippen LogP contribution in [0.1, 0.15) is 19.3 Å². The van der Waals surface area contributed by atoms with E-state index in [1.54, 1.807) is 0 Å². The summed E-state index contributed by atoms with van der Waals surface area (Å²) >= 11 is 0. The topological polar surface area (TPSA) is 69.0 Å². The minimum absolute atomic E-state index is 0.296. The van der Waals surface area contributed by atoms with Crippen molar-refractivity contribution in [3.8, 4) is 0 Å². The molecular weight excluding hydrogens is 182 g/mol. The molecular formula is C9H13N3O2. The molecule has 5 heteroatoms. The predicted molar refractivity (Wildman–Crippen MR) is 53.7 cm³/mol. The van der Waals surface area contributed by atoms with Crippen molar-refractivity contribution >= 4 is 5.69 Å². The van der Waals surface area contributed by atoms with E-state index in [1.165, 1.54) is 12.6 Å². The Bertz CT molecular complexity index is 415. The Labute approximate surface area is 80.8 Å². The quantitative estimate of drug-likeness (QED) is 0.665. The molecule has 0 unspecified atom stereocenters. The number of H-pyrrole nitrogens is 2. The molecule has 0 aromatic carbocycles. The van der Waals surface area contributed by atoms with Crippen LogP contribution in [0, 0.1) is 0 Å². The van der Waals surface area contributed by atoms with Gasteiger partial charge in [0.25, 0.3) is 5.56 Å². The summed E-state index contributed by atoms with van der Waals surface area (Å²) in [5.74, 6) is 0. The van der Waals surface area contributed by atoms with Crippen molar-refractivity contribution in [3.63, 3.8) is 0 Å². The second-order valence-corrected chi connectivity index (χ2v) is 3.50. The van der Waals surface area contributed by atoms with Crippen molar-refractivity contribution in [1.29, 1.82) is 0 Å². The van der Waals surface area contributed by atoms with Crippen LogP contribution in [0.4, 0.5) is 5.69 Å². The molecule has 0 amide bonds. The molecule has 1 aromatic heterocycles. The first kappa shape index (κ1) is 9.05. The van der Waals surface area contributed by atoms with Crippen molar-refractivity contribution in [3.05, 3.63) is 27.0 Å². The monoisotopic (exact) mass is 195 g/mol. The van der Waals surface area contributed by atoms with Crippen LogP contribution in [0.15, 0.2) is 15.8 Å². The molecule has 1 saturated heterocycles. The van der Waals surface area contributed by atoms with E-state index in [9.17, 15) is 9.59 Å². The van der Waals surface area contributed by atoms with Gasteiger partial charge in [-0.25, -0.2) is 4.79 Å². The van der Waals surface area contributed by atoms with E-state index in [0.717, 1.165) is 25.9 Å². The standard InChI is InChI=1S/C9H13N3O2/c13-8-7(6-10-9(14)11-8)12-4-2-1-3-5-12/h6H,1-5H2,(H2,10,11,13,14). The molecule has 0 aliphatic carbocycles. The zero-order chi connectivity index (χ0) is 9.97. The SMILES string of the molecule is O=c1[nH]cc(N2CCCCC2)c(=O)[nH]1. The van der Waals surface area contributed by atoms with Gasteiger partial charge in [0, 0.05) is 19.3 Å². The van der Waals surface area contributed by atoms with Gasteiger partial charge in [0.1, 0.15) is 5.69 Å². The highest BCUT2D eigenvalue weighted by Gasteiger charge is 2.13. The van der Waals surface area contributed by atoms with Gasteiger partial charge < -0.3 is 9.88 Å². The Morgan fingerprint density at radius 2 is 1.86 bits per heavy atom. The second-order valence-electron chi connectivity index (χ2n) is 3.50. The van der Waals surface area contributed by atoms with Crippen LogP contribution in [0.5, 0.6) is 0 Å². The molecule has 2 heterocycles. The van der Waals surface area contributed by atoms with Gasteiger partial charge in [0.2, 0.25) is 0 Å². The van der Waals surface area contributed by atoms with Gasteiger partial charge in [0.15, 0.2) is 0 Å². The fraction of sp³-hybridized carbons (Fsp3) is 0.556. The maximum absolute atomic E-state index is 11.4. The van der Waals surface area contributed by atoms with E-state index in [1.807, 2.05) is 4.90 Å². The average molecular weight is 195 g/mol.